The van der Waals surface area contributed by atoms with Crippen molar-refractivity contribution in [3.63, 3.8) is 0 Å². The predicted octanol–water partition coefficient (Wildman–Crippen LogP) is 2.42. The third-order valence-electron chi connectivity index (χ3n) is 3.27. The van der Waals surface area contributed by atoms with Crippen LogP contribution in [0.15, 0.2) is 28.7 Å². The maximum Gasteiger partial charge on any atom is 0.247 e. The van der Waals surface area contributed by atoms with E-state index in [1.165, 1.54) is 6.92 Å². The molecule has 0 radical (unpaired) electrons. The Hall–Kier alpha value is -1.36. The van der Waals surface area contributed by atoms with Gasteiger partial charge in [-0.2, -0.15) is 0 Å². The molecule has 0 spiro atoms. The molecular weight excluding hydrogens is 308 g/mol. The van der Waals surface area contributed by atoms with Crippen LogP contribution in [0, 0.1) is 0 Å². The minimum Gasteiger partial charge on any atom is -0.331 e. The maximum absolute atomic E-state index is 12.4. The minimum absolute atomic E-state index is 0.0513. The number of anilines is 1. The van der Waals surface area contributed by atoms with Crippen molar-refractivity contribution in [3.05, 3.63) is 28.7 Å². The highest BCUT2D eigenvalue weighted by Gasteiger charge is 2.40. The van der Waals surface area contributed by atoms with Crippen molar-refractivity contribution in [2.24, 2.45) is 0 Å². The van der Waals surface area contributed by atoms with E-state index in [0.29, 0.717) is 6.54 Å². The van der Waals surface area contributed by atoms with Gasteiger partial charge in [0, 0.05) is 23.6 Å². The standard InChI is InChI=1S/C14H17BrN2O2/c1-10(18)16-8-13(19)17(14(2,3)9-16)12-6-4-5-11(15)7-12/h4-7H,8-9H2,1-3H3. The van der Waals surface area contributed by atoms with Crippen LogP contribution >= 0.6 is 15.9 Å². The normalized spacial score (nSPS) is 18.6. The van der Waals surface area contributed by atoms with Crippen LogP contribution in [0.5, 0.6) is 0 Å². The average molecular weight is 325 g/mol. The van der Waals surface area contributed by atoms with Crippen LogP contribution in [0.1, 0.15) is 20.8 Å². The topological polar surface area (TPSA) is 40.6 Å². The van der Waals surface area contributed by atoms with Crippen LogP contribution in [0.2, 0.25) is 0 Å². The van der Waals surface area contributed by atoms with Gasteiger partial charge in [-0.3, -0.25) is 9.59 Å². The van der Waals surface area contributed by atoms with Crippen LogP contribution in [0.4, 0.5) is 5.69 Å². The Balaban J connectivity index is 2.36. The fourth-order valence-electron chi connectivity index (χ4n) is 2.50. The quantitative estimate of drug-likeness (QED) is 0.796. The second kappa shape index (κ2) is 4.96. The number of amides is 2. The number of nitrogens with zero attached hydrogens (tertiary/aromatic N) is 2. The largest absolute Gasteiger partial charge is 0.331 e. The van der Waals surface area contributed by atoms with E-state index in [9.17, 15) is 9.59 Å². The molecule has 1 fully saturated rings. The van der Waals surface area contributed by atoms with Crippen LogP contribution in [0.3, 0.4) is 0 Å². The Morgan fingerprint density at radius 3 is 2.58 bits per heavy atom. The fraction of sp³-hybridized carbons (Fsp3) is 0.429. The number of benzene rings is 1. The highest BCUT2D eigenvalue weighted by Crippen LogP contribution is 2.30. The van der Waals surface area contributed by atoms with E-state index in [1.807, 2.05) is 38.1 Å². The van der Waals surface area contributed by atoms with Gasteiger partial charge in [-0.05, 0) is 32.0 Å². The summed E-state index contributed by atoms with van der Waals surface area (Å²) in [6, 6.07) is 7.66. The Kier molecular flexibility index (Phi) is 3.67. The first kappa shape index (κ1) is 14.1. The molecule has 2 rings (SSSR count). The molecule has 0 bridgehead atoms. The molecule has 0 atom stereocenters. The molecule has 1 saturated heterocycles. The molecule has 0 saturated carbocycles. The Bertz CT molecular complexity index is 528. The van der Waals surface area contributed by atoms with Crippen LogP contribution in [-0.4, -0.2) is 35.3 Å². The number of piperazine rings is 1. The molecular formula is C14H17BrN2O2. The second-order valence-electron chi connectivity index (χ2n) is 5.40. The van der Waals surface area contributed by atoms with E-state index in [-0.39, 0.29) is 18.4 Å². The minimum atomic E-state index is -0.415. The van der Waals surface area contributed by atoms with Crippen molar-refractivity contribution in [2.75, 3.05) is 18.0 Å². The first-order valence-corrected chi connectivity index (χ1v) is 6.95. The summed E-state index contributed by atoms with van der Waals surface area (Å²) in [5.41, 5.74) is 0.439. The molecule has 5 heteroatoms. The van der Waals surface area contributed by atoms with Gasteiger partial charge < -0.3 is 9.80 Å². The lowest BCUT2D eigenvalue weighted by atomic mass is 9.97. The van der Waals surface area contributed by atoms with E-state index < -0.39 is 5.54 Å². The van der Waals surface area contributed by atoms with Crippen molar-refractivity contribution >= 4 is 33.4 Å². The van der Waals surface area contributed by atoms with Crippen LogP contribution in [0.25, 0.3) is 0 Å². The van der Waals surface area contributed by atoms with E-state index in [0.717, 1.165) is 10.2 Å². The summed E-state index contributed by atoms with van der Waals surface area (Å²) in [7, 11) is 0. The van der Waals surface area contributed by atoms with Gasteiger partial charge in [0.2, 0.25) is 11.8 Å². The molecule has 0 unspecified atom stereocenters. The Morgan fingerprint density at radius 2 is 2.05 bits per heavy atom. The lowest BCUT2D eigenvalue weighted by molar-refractivity contribution is -0.137. The molecule has 1 heterocycles. The van der Waals surface area contributed by atoms with E-state index in [2.05, 4.69) is 15.9 Å². The van der Waals surface area contributed by atoms with Gasteiger partial charge in [0.1, 0.15) is 6.54 Å². The van der Waals surface area contributed by atoms with Gasteiger partial charge in [0.05, 0.1) is 5.54 Å². The van der Waals surface area contributed by atoms with Gasteiger partial charge in [-0.1, -0.05) is 22.0 Å². The smallest absolute Gasteiger partial charge is 0.247 e. The third kappa shape index (κ3) is 2.81. The van der Waals surface area contributed by atoms with Gasteiger partial charge in [0.15, 0.2) is 0 Å². The summed E-state index contributed by atoms with van der Waals surface area (Å²) >= 11 is 3.42. The lowest BCUT2D eigenvalue weighted by Crippen LogP contribution is -2.63. The molecule has 1 aliphatic heterocycles. The molecule has 2 amide bonds. The molecule has 19 heavy (non-hydrogen) atoms. The molecule has 4 nitrogen and oxygen atoms in total. The molecule has 1 aromatic carbocycles. The van der Waals surface area contributed by atoms with Crippen molar-refractivity contribution in [3.8, 4) is 0 Å². The summed E-state index contributed by atoms with van der Waals surface area (Å²) in [6.45, 7) is 6.13. The van der Waals surface area contributed by atoms with Gasteiger partial charge in [-0.15, -0.1) is 0 Å². The number of carbonyl (C=O) groups is 2. The highest BCUT2D eigenvalue weighted by atomic mass is 79.9. The SMILES string of the molecule is CC(=O)N1CC(=O)N(c2cccc(Br)c2)C(C)(C)C1. The second-order valence-corrected chi connectivity index (χ2v) is 6.31. The molecule has 0 aliphatic carbocycles. The van der Waals surface area contributed by atoms with Gasteiger partial charge in [0.25, 0.3) is 0 Å². The maximum atomic E-state index is 12.4. The van der Waals surface area contributed by atoms with Gasteiger partial charge in [-0.25, -0.2) is 0 Å². The van der Waals surface area contributed by atoms with Crippen molar-refractivity contribution in [1.82, 2.24) is 4.90 Å². The van der Waals surface area contributed by atoms with E-state index in [4.69, 9.17) is 0 Å². The first-order valence-electron chi connectivity index (χ1n) is 6.15. The van der Waals surface area contributed by atoms with Crippen molar-refractivity contribution in [2.45, 2.75) is 26.3 Å². The zero-order valence-corrected chi connectivity index (χ0v) is 12.9. The van der Waals surface area contributed by atoms with Gasteiger partial charge >= 0.3 is 0 Å². The average Bonchev–Trinajstić information content (AvgIpc) is 2.26. The van der Waals surface area contributed by atoms with Crippen molar-refractivity contribution in [1.29, 1.82) is 0 Å². The number of hydrogen-bond acceptors (Lipinski definition) is 2. The zero-order valence-electron chi connectivity index (χ0n) is 11.3. The molecule has 102 valence electrons. The monoisotopic (exact) mass is 324 g/mol. The summed E-state index contributed by atoms with van der Waals surface area (Å²) in [6.07, 6.45) is 0. The van der Waals surface area contributed by atoms with Crippen LogP contribution < -0.4 is 4.90 Å². The Morgan fingerprint density at radius 1 is 1.37 bits per heavy atom. The highest BCUT2D eigenvalue weighted by molar-refractivity contribution is 9.10. The lowest BCUT2D eigenvalue weighted by Gasteiger charge is -2.46. The summed E-state index contributed by atoms with van der Waals surface area (Å²) in [5, 5.41) is 0. The van der Waals surface area contributed by atoms with E-state index >= 15 is 0 Å². The number of carbonyl (C=O) groups excluding carboxylic acids is 2. The molecule has 1 aromatic rings. The van der Waals surface area contributed by atoms with E-state index in [1.54, 1.807) is 9.80 Å². The summed E-state index contributed by atoms with van der Waals surface area (Å²) < 4.78 is 0.933. The zero-order chi connectivity index (χ0) is 14.2. The number of halogens is 1. The first-order chi connectivity index (χ1) is 8.81. The Labute approximate surface area is 121 Å². The summed E-state index contributed by atoms with van der Waals surface area (Å²) in [4.78, 5) is 27.2. The predicted molar refractivity (Wildman–Crippen MR) is 78.0 cm³/mol. The number of rotatable bonds is 1. The van der Waals surface area contributed by atoms with Crippen LogP contribution in [-0.2, 0) is 9.59 Å². The molecule has 0 aromatic heterocycles. The molecule has 0 N–H and O–H groups in total. The van der Waals surface area contributed by atoms with Crippen molar-refractivity contribution < 1.29 is 9.59 Å². The number of hydrogen-bond donors (Lipinski definition) is 0. The molecule has 1 aliphatic rings. The third-order valence-corrected chi connectivity index (χ3v) is 3.76. The summed E-state index contributed by atoms with van der Waals surface area (Å²) in [5.74, 6) is -0.111. The fourth-order valence-corrected chi connectivity index (χ4v) is 2.88.